The molecule has 1 fully saturated rings. The molecule has 0 aromatic heterocycles. The van der Waals surface area contributed by atoms with E-state index in [1.807, 2.05) is 0 Å². The molecule has 1 heterocycles. The van der Waals surface area contributed by atoms with Gasteiger partial charge in [-0.2, -0.15) is 0 Å². The highest BCUT2D eigenvalue weighted by molar-refractivity contribution is 5.67. The first-order valence-electron chi connectivity index (χ1n) is 3.29. The summed E-state index contributed by atoms with van der Waals surface area (Å²) in [5, 5.41) is 3.01. The first-order valence-corrected chi connectivity index (χ1v) is 3.29. The molecule has 10 heavy (non-hydrogen) atoms. The molecule has 0 aliphatic carbocycles. The molecule has 1 saturated heterocycles. The zero-order valence-electron chi connectivity index (χ0n) is 6.26. The van der Waals surface area contributed by atoms with Gasteiger partial charge in [-0.15, -0.1) is 0 Å². The Morgan fingerprint density at radius 1 is 1.60 bits per heavy atom. The van der Waals surface area contributed by atoms with E-state index in [1.54, 1.807) is 14.1 Å². The van der Waals surface area contributed by atoms with Crippen LogP contribution in [-0.4, -0.2) is 44.3 Å². The van der Waals surface area contributed by atoms with E-state index in [0.717, 1.165) is 13.1 Å². The van der Waals surface area contributed by atoms with Crippen LogP contribution in [0.15, 0.2) is 0 Å². The van der Waals surface area contributed by atoms with Crippen molar-refractivity contribution >= 4 is 6.09 Å². The van der Waals surface area contributed by atoms with Crippen LogP contribution in [-0.2, 0) is 4.74 Å². The fraction of sp³-hybridized carbons (Fsp3) is 0.833. The topological polar surface area (TPSA) is 41.6 Å². The Hall–Kier alpha value is -0.770. The van der Waals surface area contributed by atoms with Gasteiger partial charge in [0.05, 0.1) is 0 Å². The maximum atomic E-state index is 10.8. The Balaban J connectivity index is 2.17. The first-order chi connectivity index (χ1) is 4.70. The number of hydrogen-bond acceptors (Lipinski definition) is 3. The Labute approximate surface area is 60.1 Å². The summed E-state index contributed by atoms with van der Waals surface area (Å²) in [5.41, 5.74) is 0. The predicted molar refractivity (Wildman–Crippen MR) is 36.8 cm³/mol. The zero-order chi connectivity index (χ0) is 7.56. The molecule has 0 radical (unpaired) electrons. The van der Waals surface area contributed by atoms with Crippen molar-refractivity contribution in [3.8, 4) is 0 Å². The van der Waals surface area contributed by atoms with E-state index in [4.69, 9.17) is 4.74 Å². The number of rotatable bonds is 1. The van der Waals surface area contributed by atoms with Crippen molar-refractivity contribution in [2.24, 2.45) is 0 Å². The summed E-state index contributed by atoms with van der Waals surface area (Å²) in [6.45, 7) is 1.58. The monoisotopic (exact) mass is 144 g/mol. The van der Waals surface area contributed by atoms with Crippen LogP contribution in [0.3, 0.4) is 0 Å². The van der Waals surface area contributed by atoms with E-state index >= 15 is 0 Å². The van der Waals surface area contributed by atoms with Gasteiger partial charge in [-0.05, 0) is 0 Å². The standard InChI is InChI=1S/C6H12N2O2/c1-8(2)6(9)10-5-3-7-4-5/h5,7H,3-4H2,1-2H3. The summed E-state index contributed by atoms with van der Waals surface area (Å²) in [5.74, 6) is 0. The summed E-state index contributed by atoms with van der Waals surface area (Å²) in [4.78, 5) is 12.3. The molecule has 4 nitrogen and oxygen atoms in total. The fourth-order valence-corrected chi connectivity index (χ4v) is 0.594. The van der Waals surface area contributed by atoms with E-state index in [2.05, 4.69) is 5.32 Å². The van der Waals surface area contributed by atoms with Crippen LogP contribution in [0.4, 0.5) is 4.79 Å². The fourth-order valence-electron chi connectivity index (χ4n) is 0.594. The third kappa shape index (κ3) is 1.60. The molecule has 0 spiro atoms. The summed E-state index contributed by atoms with van der Waals surface area (Å²) >= 11 is 0. The summed E-state index contributed by atoms with van der Waals surface area (Å²) in [6, 6.07) is 0. The van der Waals surface area contributed by atoms with Gasteiger partial charge in [0.25, 0.3) is 0 Å². The van der Waals surface area contributed by atoms with E-state index in [9.17, 15) is 4.79 Å². The molecule has 0 unspecified atom stereocenters. The molecule has 4 heteroatoms. The van der Waals surface area contributed by atoms with Crippen molar-refractivity contribution in [1.29, 1.82) is 0 Å². The van der Waals surface area contributed by atoms with Crippen molar-refractivity contribution in [1.82, 2.24) is 10.2 Å². The number of carbonyl (C=O) groups excluding carboxylic acids is 1. The molecule has 1 N–H and O–H groups in total. The molecule has 0 atom stereocenters. The SMILES string of the molecule is CN(C)C(=O)OC1CNC1. The average Bonchev–Trinajstić information content (AvgIpc) is 1.77. The van der Waals surface area contributed by atoms with Crippen molar-refractivity contribution < 1.29 is 9.53 Å². The van der Waals surface area contributed by atoms with Gasteiger partial charge in [0.1, 0.15) is 6.10 Å². The highest BCUT2D eigenvalue weighted by Gasteiger charge is 2.21. The molecular formula is C6H12N2O2. The quantitative estimate of drug-likeness (QED) is 0.547. The smallest absolute Gasteiger partial charge is 0.409 e. The molecule has 0 aromatic rings. The average molecular weight is 144 g/mol. The Kier molecular flexibility index (Phi) is 2.11. The van der Waals surface area contributed by atoms with Gasteiger partial charge in [-0.25, -0.2) is 4.79 Å². The third-order valence-electron chi connectivity index (χ3n) is 1.38. The lowest BCUT2D eigenvalue weighted by Crippen LogP contribution is -2.50. The molecule has 0 saturated carbocycles. The number of hydrogen-bond donors (Lipinski definition) is 1. The van der Waals surface area contributed by atoms with E-state index < -0.39 is 0 Å². The highest BCUT2D eigenvalue weighted by atomic mass is 16.6. The van der Waals surface area contributed by atoms with E-state index in [0.29, 0.717) is 0 Å². The van der Waals surface area contributed by atoms with Gasteiger partial charge < -0.3 is 15.0 Å². The zero-order valence-corrected chi connectivity index (χ0v) is 6.26. The minimum Gasteiger partial charge on any atom is -0.443 e. The third-order valence-corrected chi connectivity index (χ3v) is 1.38. The number of nitrogens with one attached hydrogen (secondary N) is 1. The minimum absolute atomic E-state index is 0.0925. The number of ether oxygens (including phenoxy) is 1. The van der Waals surface area contributed by atoms with Crippen LogP contribution in [0.5, 0.6) is 0 Å². The Bertz CT molecular complexity index is 132. The van der Waals surface area contributed by atoms with Crippen molar-refractivity contribution in [2.45, 2.75) is 6.10 Å². The lowest BCUT2D eigenvalue weighted by Gasteiger charge is -2.27. The second-order valence-corrected chi connectivity index (χ2v) is 2.56. The molecule has 0 bridgehead atoms. The van der Waals surface area contributed by atoms with Crippen LogP contribution in [0.2, 0.25) is 0 Å². The van der Waals surface area contributed by atoms with Gasteiger partial charge in [-0.1, -0.05) is 0 Å². The number of amides is 1. The molecular weight excluding hydrogens is 132 g/mol. The molecule has 1 rings (SSSR count). The minimum atomic E-state index is -0.258. The van der Waals surface area contributed by atoms with Crippen LogP contribution in [0, 0.1) is 0 Å². The van der Waals surface area contributed by atoms with Crippen LogP contribution < -0.4 is 5.32 Å². The van der Waals surface area contributed by atoms with Gasteiger partial charge in [0, 0.05) is 27.2 Å². The Morgan fingerprint density at radius 2 is 2.20 bits per heavy atom. The Morgan fingerprint density at radius 3 is 2.50 bits per heavy atom. The predicted octanol–water partition coefficient (Wildman–Crippen LogP) is -0.344. The van der Waals surface area contributed by atoms with Crippen molar-refractivity contribution in [2.75, 3.05) is 27.2 Å². The highest BCUT2D eigenvalue weighted by Crippen LogP contribution is 1.99. The van der Waals surface area contributed by atoms with Crippen molar-refractivity contribution in [3.63, 3.8) is 0 Å². The first kappa shape index (κ1) is 7.34. The van der Waals surface area contributed by atoms with Crippen LogP contribution in [0.25, 0.3) is 0 Å². The lowest BCUT2D eigenvalue weighted by molar-refractivity contribution is 0.0485. The molecule has 1 aliphatic rings. The van der Waals surface area contributed by atoms with E-state index in [1.165, 1.54) is 4.90 Å². The maximum absolute atomic E-state index is 10.8. The number of carbonyl (C=O) groups is 1. The van der Waals surface area contributed by atoms with Crippen LogP contribution in [0.1, 0.15) is 0 Å². The molecule has 1 amide bonds. The molecule has 0 aromatic carbocycles. The second-order valence-electron chi connectivity index (χ2n) is 2.56. The summed E-state index contributed by atoms with van der Waals surface area (Å²) in [7, 11) is 3.35. The van der Waals surface area contributed by atoms with Crippen molar-refractivity contribution in [3.05, 3.63) is 0 Å². The summed E-state index contributed by atoms with van der Waals surface area (Å²) in [6.07, 6.45) is -0.165. The second kappa shape index (κ2) is 2.88. The van der Waals surface area contributed by atoms with Gasteiger partial charge in [0.2, 0.25) is 0 Å². The van der Waals surface area contributed by atoms with E-state index in [-0.39, 0.29) is 12.2 Å². The molecule has 58 valence electrons. The summed E-state index contributed by atoms with van der Waals surface area (Å²) < 4.78 is 4.97. The lowest BCUT2D eigenvalue weighted by atomic mass is 10.2. The normalized spacial score (nSPS) is 17.8. The van der Waals surface area contributed by atoms with Gasteiger partial charge in [0.15, 0.2) is 0 Å². The maximum Gasteiger partial charge on any atom is 0.409 e. The van der Waals surface area contributed by atoms with Crippen LogP contribution >= 0.6 is 0 Å². The van der Waals surface area contributed by atoms with Gasteiger partial charge >= 0.3 is 6.09 Å². The number of nitrogens with zero attached hydrogens (tertiary/aromatic N) is 1. The largest absolute Gasteiger partial charge is 0.443 e. The molecule has 1 aliphatic heterocycles. The van der Waals surface area contributed by atoms with Gasteiger partial charge in [-0.3, -0.25) is 0 Å².